The lowest BCUT2D eigenvalue weighted by molar-refractivity contribution is 0.0977. The van der Waals surface area contributed by atoms with Gasteiger partial charge in [-0.2, -0.15) is 0 Å². The molecule has 0 aliphatic carbocycles. The molecular formula is C20H17N3O2S. The van der Waals surface area contributed by atoms with Gasteiger partial charge >= 0.3 is 0 Å². The topological polar surface area (TPSA) is 63.2 Å². The van der Waals surface area contributed by atoms with Crippen LogP contribution in [0, 0.1) is 0 Å². The number of benzene rings is 2. The van der Waals surface area contributed by atoms with Crippen LogP contribution in [0.4, 0.5) is 5.69 Å². The highest BCUT2D eigenvalue weighted by molar-refractivity contribution is 7.80. The quantitative estimate of drug-likeness (QED) is 0.676. The van der Waals surface area contributed by atoms with Gasteiger partial charge in [0.1, 0.15) is 12.4 Å². The number of ether oxygens (including phenoxy) is 1. The highest BCUT2D eigenvalue weighted by Gasteiger charge is 2.09. The summed E-state index contributed by atoms with van der Waals surface area (Å²) in [7, 11) is 0. The van der Waals surface area contributed by atoms with Crippen molar-refractivity contribution in [1.29, 1.82) is 0 Å². The first kappa shape index (κ1) is 17.6. The van der Waals surface area contributed by atoms with Crippen molar-refractivity contribution in [3.05, 3.63) is 90.3 Å². The lowest BCUT2D eigenvalue weighted by atomic mass is 10.2. The van der Waals surface area contributed by atoms with E-state index in [1.54, 1.807) is 36.7 Å². The van der Waals surface area contributed by atoms with E-state index in [1.807, 2.05) is 42.5 Å². The van der Waals surface area contributed by atoms with Gasteiger partial charge in [0, 0.05) is 11.8 Å². The summed E-state index contributed by atoms with van der Waals surface area (Å²) in [5, 5.41) is 5.76. The number of aromatic nitrogens is 1. The smallest absolute Gasteiger partial charge is 0.257 e. The molecule has 0 unspecified atom stereocenters. The minimum atomic E-state index is -0.309. The third kappa shape index (κ3) is 5.12. The number of carbonyl (C=O) groups is 1. The van der Waals surface area contributed by atoms with E-state index in [4.69, 9.17) is 17.0 Å². The first-order chi connectivity index (χ1) is 12.7. The highest BCUT2D eigenvalue weighted by Crippen LogP contribution is 2.15. The van der Waals surface area contributed by atoms with Gasteiger partial charge < -0.3 is 10.1 Å². The number of amides is 1. The number of anilines is 1. The Morgan fingerprint density at radius 1 is 1.04 bits per heavy atom. The highest BCUT2D eigenvalue weighted by atomic mass is 32.1. The summed E-state index contributed by atoms with van der Waals surface area (Å²) < 4.78 is 5.75. The predicted molar refractivity (Wildman–Crippen MR) is 105 cm³/mol. The van der Waals surface area contributed by atoms with Crippen molar-refractivity contribution in [3.8, 4) is 5.75 Å². The van der Waals surface area contributed by atoms with Crippen LogP contribution in [0.3, 0.4) is 0 Å². The van der Waals surface area contributed by atoms with Crippen LogP contribution in [-0.2, 0) is 6.61 Å². The normalized spacial score (nSPS) is 10.0. The number of nitrogens with zero attached hydrogens (tertiary/aromatic N) is 1. The third-order valence-electron chi connectivity index (χ3n) is 3.49. The maximum atomic E-state index is 12.4. The second-order valence-electron chi connectivity index (χ2n) is 5.45. The fourth-order valence-corrected chi connectivity index (χ4v) is 2.45. The largest absolute Gasteiger partial charge is 0.489 e. The standard InChI is InChI=1S/C20H17N3O2S/c24-19(23-20(26)22-17-9-5-11-21-13-17)16-8-4-10-18(12-16)25-14-15-6-2-1-3-7-15/h1-13H,14H2,(H2,22,23,24,26). The summed E-state index contributed by atoms with van der Waals surface area (Å²) >= 11 is 5.16. The molecule has 0 saturated heterocycles. The summed E-state index contributed by atoms with van der Waals surface area (Å²) in [6.45, 7) is 0.437. The molecule has 6 heteroatoms. The number of hydrogen-bond donors (Lipinski definition) is 2. The number of nitrogens with one attached hydrogen (secondary N) is 2. The van der Waals surface area contributed by atoms with Gasteiger partial charge in [0.15, 0.2) is 5.11 Å². The van der Waals surface area contributed by atoms with Gasteiger partial charge in [0.2, 0.25) is 0 Å². The second-order valence-corrected chi connectivity index (χ2v) is 5.86. The molecule has 0 fully saturated rings. The van der Waals surface area contributed by atoms with Crippen molar-refractivity contribution in [3.63, 3.8) is 0 Å². The molecule has 3 rings (SSSR count). The second kappa shape index (κ2) is 8.73. The molecule has 1 amide bonds. The Morgan fingerprint density at radius 3 is 2.65 bits per heavy atom. The number of hydrogen-bond acceptors (Lipinski definition) is 4. The molecule has 0 atom stereocenters. The first-order valence-electron chi connectivity index (χ1n) is 8.00. The van der Waals surface area contributed by atoms with Crippen LogP contribution in [-0.4, -0.2) is 16.0 Å². The van der Waals surface area contributed by atoms with E-state index in [-0.39, 0.29) is 11.0 Å². The SMILES string of the molecule is O=C(NC(=S)Nc1cccnc1)c1cccc(OCc2ccccc2)c1. The molecular weight excluding hydrogens is 346 g/mol. The summed E-state index contributed by atoms with van der Waals surface area (Å²) in [5.74, 6) is 0.309. The molecule has 130 valence electrons. The van der Waals surface area contributed by atoms with E-state index in [2.05, 4.69) is 15.6 Å². The zero-order valence-electron chi connectivity index (χ0n) is 13.9. The maximum Gasteiger partial charge on any atom is 0.257 e. The fraction of sp³-hybridized carbons (Fsp3) is 0.0500. The van der Waals surface area contributed by atoms with Crippen molar-refractivity contribution in [2.75, 3.05) is 5.32 Å². The average molecular weight is 363 g/mol. The molecule has 0 bridgehead atoms. The molecule has 0 spiro atoms. The molecule has 5 nitrogen and oxygen atoms in total. The summed E-state index contributed by atoms with van der Waals surface area (Å²) in [5.41, 5.74) is 2.23. The minimum Gasteiger partial charge on any atom is -0.489 e. The maximum absolute atomic E-state index is 12.4. The summed E-state index contributed by atoms with van der Waals surface area (Å²) in [6, 6.07) is 20.4. The van der Waals surface area contributed by atoms with Crippen molar-refractivity contribution < 1.29 is 9.53 Å². The van der Waals surface area contributed by atoms with Gasteiger partial charge in [0.25, 0.3) is 5.91 Å². The van der Waals surface area contributed by atoms with Crippen LogP contribution in [0.25, 0.3) is 0 Å². The predicted octanol–water partition coefficient (Wildman–Crippen LogP) is 3.79. The lowest BCUT2D eigenvalue weighted by Gasteiger charge is -2.10. The van der Waals surface area contributed by atoms with Gasteiger partial charge in [-0.05, 0) is 48.1 Å². The molecule has 26 heavy (non-hydrogen) atoms. The van der Waals surface area contributed by atoms with Gasteiger partial charge in [0.05, 0.1) is 11.9 Å². The average Bonchev–Trinajstić information content (AvgIpc) is 2.68. The van der Waals surface area contributed by atoms with E-state index < -0.39 is 0 Å². The minimum absolute atomic E-state index is 0.207. The molecule has 1 aromatic heterocycles. The van der Waals surface area contributed by atoms with E-state index >= 15 is 0 Å². The van der Waals surface area contributed by atoms with Crippen LogP contribution in [0.15, 0.2) is 79.1 Å². The molecule has 0 radical (unpaired) electrons. The number of thiocarbonyl (C=S) groups is 1. The molecule has 2 aromatic carbocycles. The first-order valence-corrected chi connectivity index (χ1v) is 8.41. The third-order valence-corrected chi connectivity index (χ3v) is 3.70. The molecule has 0 aliphatic heterocycles. The van der Waals surface area contributed by atoms with Crippen LogP contribution in [0.5, 0.6) is 5.75 Å². The van der Waals surface area contributed by atoms with Gasteiger partial charge in [-0.3, -0.25) is 15.1 Å². The van der Waals surface area contributed by atoms with E-state index in [0.29, 0.717) is 23.6 Å². The van der Waals surface area contributed by atoms with Crippen molar-refractivity contribution in [2.24, 2.45) is 0 Å². The molecule has 3 aromatic rings. The van der Waals surface area contributed by atoms with Crippen LogP contribution >= 0.6 is 12.2 Å². The number of carbonyl (C=O) groups excluding carboxylic acids is 1. The number of rotatable bonds is 5. The monoisotopic (exact) mass is 363 g/mol. The number of pyridine rings is 1. The van der Waals surface area contributed by atoms with Crippen LogP contribution in [0.1, 0.15) is 15.9 Å². The Morgan fingerprint density at radius 2 is 1.88 bits per heavy atom. The Hall–Kier alpha value is -3.25. The molecule has 1 heterocycles. The van der Waals surface area contributed by atoms with E-state index in [0.717, 1.165) is 5.56 Å². The Kier molecular flexibility index (Phi) is 5.90. The van der Waals surface area contributed by atoms with Crippen LogP contribution in [0.2, 0.25) is 0 Å². The fourth-order valence-electron chi connectivity index (χ4n) is 2.24. The molecule has 0 aliphatic rings. The van der Waals surface area contributed by atoms with Gasteiger partial charge in [-0.1, -0.05) is 36.4 Å². The molecule has 0 saturated carbocycles. The van der Waals surface area contributed by atoms with Crippen molar-refractivity contribution >= 4 is 28.9 Å². The van der Waals surface area contributed by atoms with E-state index in [1.165, 1.54) is 0 Å². The summed E-state index contributed by atoms with van der Waals surface area (Å²) in [4.78, 5) is 16.3. The van der Waals surface area contributed by atoms with Crippen LogP contribution < -0.4 is 15.4 Å². The zero-order valence-corrected chi connectivity index (χ0v) is 14.7. The Bertz CT molecular complexity index is 886. The Balaban J connectivity index is 1.58. The van der Waals surface area contributed by atoms with Gasteiger partial charge in [-0.15, -0.1) is 0 Å². The zero-order chi connectivity index (χ0) is 18.2. The molecule has 2 N–H and O–H groups in total. The van der Waals surface area contributed by atoms with Crippen molar-refractivity contribution in [1.82, 2.24) is 10.3 Å². The summed E-state index contributed by atoms with van der Waals surface area (Å²) in [6.07, 6.45) is 3.28. The Labute approximate surface area is 157 Å². The van der Waals surface area contributed by atoms with Crippen molar-refractivity contribution in [2.45, 2.75) is 6.61 Å². The lowest BCUT2D eigenvalue weighted by Crippen LogP contribution is -2.34. The van der Waals surface area contributed by atoms with Gasteiger partial charge in [-0.25, -0.2) is 0 Å². The van der Waals surface area contributed by atoms with E-state index in [9.17, 15) is 4.79 Å².